The van der Waals surface area contributed by atoms with Crippen molar-refractivity contribution in [2.24, 2.45) is 0 Å². The number of methoxy groups -OCH3 is 1. The van der Waals surface area contributed by atoms with Crippen molar-refractivity contribution in [2.75, 3.05) is 13.7 Å². The largest absolute Gasteiger partial charge is 0.469 e. The molecule has 0 radical (unpaired) electrons. The number of nitrogens with zero attached hydrogens (tertiary/aromatic N) is 2. The van der Waals surface area contributed by atoms with E-state index in [-0.39, 0.29) is 35.3 Å². The normalized spacial score (nSPS) is 9.90. The minimum absolute atomic E-state index is 0.0843. The molecule has 0 saturated heterocycles. The topological polar surface area (TPSA) is 111 Å². The van der Waals surface area contributed by atoms with E-state index in [2.05, 4.69) is 15.0 Å². The van der Waals surface area contributed by atoms with E-state index in [1.807, 2.05) is 0 Å². The number of amides is 1. The Balaban J connectivity index is 2.61. The third-order valence-corrected chi connectivity index (χ3v) is 2.65. The van der Waals surface area contributed by atoms with Gasteiger partial charge in [0.05, 0.1) is 17.6 Å². The molecule has 108 valence electrons. The average molecular weight is 302 g/mol. The monoisotopic (exact) mass is 301 g/mol. The van der Waals surface area contributed by atoms with Crippen LogP contribution in [0, 0.1) is 10.1 Å². The predicted octanol–water partition coefficient (Wildman–Crippen LogP) is 1.33. The summed E-state index contributed by atoms with van der Waals surface area (Å²) in [5, 5.41) is 13.0. The van der Waals surface area contributed by atoms with Gasteiger partial charge in [-0.3, -0.25) is 19.7 Å². The Kier molecular flexibility index (Phi) is 5.85. The van der Waals surface area contributed by atoms with Gasteiger partial charge in [-0.05, 0) is 6.42 Å². The Morgan fingerprint density at radius 1 is 1.55 bits per heavy atom. The van der Waals surface area contributed by atoms with Crippen LogP contribution < -0.4 is 5.32 Å². The molecular formula is C11H12ClN3O5. The number of esters is 1. The first-order chi connectivity index (χ1) is 9.45. The maximum atomic E-state index is 11.8. The van der Waals surface area contributed by atoms with E-state index >= 15 is 0 Å². The van der Waals surface area contributed by atoms with E-state index in [0.717, 1.165) is 12.3 Å². The number of pyridine rings is 1. The van der Waals surface area contributed by atoms with Crippen LogP contribution in [0.25, 0.3) is 0 Å². The van der Waals surface area contributed by atoms with Gasteiger partial charge in [0.25, 0.3) is 11.6 Å². The Bertz CT molecular complexity index is 535. The number of carbonyl (C=O) groups is 2. The molecule has 1 heterocycles. The third kappa shape index (κ3) is 4.47. The van der Waals surface area contributed by atoms with Crippen LogP contribution in [0.2, 0.25) is 5.15 Å². The molecule has 0 aromatic carbocycles. The molecule has 1 aromatic rings. The van der Waals surface area contributed by atoms with Crippen molar-refractivity contribution in [2.45, 2.75) is 12.8 Å². The molecule has 0 bridgehead atoms. The first-order valence-corrected chi connectivity index (χ1v) is 5.98. The lowest BCUT2D eigenvalue weighted by atomic mass is 10.2. The lowest BCUT2D eigenvalue weighted by Gasteiger charge is -2.05. The number of hydrogen-bond donors (Lipinski definition) is 1. The highest BCUT2D eigenvalue weighted by atomic mass is 35.5. The number of hydrogen-bond acceptors (Lipinski definition) is 6. The van der Waals surface area contributed by atoms with Gasteiger partial charge in [0.15, 0.2) is 0 Å². The van der Waals surface area contributed by atoms with E-state index in [4.69, 9.17) is 11.6 Å². The maximum Gasteiger partial charge on any atom is 0.305 e. The van der Waals surface area contributed by atoms with Crippen LogP contribution >= 0.6 is 11.6 Å². The van der Waals surface area contributed by atoms with Crippen LogP contribution in [0.5, 0.6) is 0 Å². The maximum absolute atomic E-state index is 11.8. The lowest BCUT2D eigenvalue weighted by Crippen LogP contribution is -2.25. The Labute approximate surface area is 119 Å². The molecule has 0 unspecified atom stereocenters. The van der Waals surface area contributed by atoms with E-state index in [0.29, 0.717) is 6.42 Å². The smallest absolute Gasteiger partial charge is 0.305 e. The number of halogens is 1. The van der Waals surface area contributed by atoms with Gasteiger partial charge in [-0.25, -0.2) is 4.98 Å². The molecule has 0 aliphatic heterocycles. The molecule has 1 amide bonds. The molecule has 20 heavy (non-hydrogen) atoms. The van der Waals surface area contributed by atoms with Crippen LogP contribution in [-0.2, 0) is 9.53 Å². The molecule has 0 atom stereocenters. The summed E-state index contributed by atoms with van der Waals surface area (Å²) >= 11 is 5.71. The summed E-state index contributed by atoms with van der Waals surface area (Å²) < 4.78 is 4.45. The quantitative estimate of drug-likeness (QED) is 0.279. The summed E-state index contributed by atoms with van der Waals surface area (Å²) in [5.41, 5.74) is -0.409. The molecule has 8 nitrogen and oxygen atoms in total. The zero-order valence-corrected chi connectivity index (χ0v) is 11.3. The number of ether oxygens (including phenoxy) is 1. The number of aromatic nitrogens is 1. The van der Waals surface area contributed by atoms with Crippen LogP contribution in [0.15, 0.2) is 12.3 Å². The van der Waals surface area contributed by atoms with Gasteiger partial charge >= 0.3 is 5.97 Å². The van der Waals surface area contributed by atoms with Crippen molar-refractivity contribution < 1.29 is 19.2 Å². The molecule has 9 heteroatoms. The van der Waals surface area contributed by atoms with E-state index < -0.39 is 10.8 Å². The molecule has 0 fully saturated rings. The van der Waals surface area contributed by atoms with Crippen LogP contribution in [0.4, 0.5) is 5.69 Å². The Morgan fingerprint density at radius 3 is 2.85 bits per heavy atom. The second-order valence-electron chi connectivity index (χ2n) is 3.72. The first kappa shape index (κ1) is 15.8. The van der Waals surface area contributed by atoms with Crippen molar-refractivity contribution in [3.63, 3.8) is 0 Å². The highest BCUT2D eigenvalue weighted by molar-refractivity contribution is 6.32. The van der Waals surface area contributed by atoms with Gasteiger partial charge in [-0.2, -0.15) is 0 Å². The Morgan fingerprint density at radius 2 is 2.25 bits per heavy atom. The molecule has 0 saturated carbocycles. The number of nitro groups is 1. The zero-order valence-electron chi connectivity index (χ0n) is 10.6. The molecular weight excluding hydrogens is 290 g/mol. The molecule has 0 aliphatic rings. The fourth-order valence-electron chi connectivity index (χ4n) is 1.33. The van der Waals surface area contributed by atoms with Gasteiger partial charge in [0.2, 0.25) is 0 Å². The SMILES string of the molecule is COC(=O)CCCNC(=O)c1cc([N+](=O)[O-])cnc1Cl. The van der Waals surface area contributed by atoms with Crippen molar-refractivity contribution >= 4 is 29.2 Å². The van der Waals surface area contributed by atoms with E-state index in [1.54, 1.807) is 0 Å². The summed E-state index contributed by atoms with van der Waals surface area (Å²) in [6.45, 7) is 0.215. The molecule has 0 spiro atoms. The van der Waals surface area contributed by atoms with Crippen molar-refractivity contribution in [3.05, 3.63) is 33.1 Å². The highest BCUT2D eigenvalue weighted by Crippen LogP contribution is 2.18. The average Bonchev–Trinajstić information content (AvgIpc) is 2.43. The summed E-state index contributed by atoms with van der Waals surface area (Å²) in [5.74, 6) is -0.967. The summed E-state index contributed by atoms with van der Waals surface area (Å²) in [6.07, 6.45) is 1.52. The van der Waals surface area contributed by atoms with Gasteiger partial charge in [0.1, 0.15) is 11.3 Å². The number of rotatable bonds is 6. The van der Waals surface area contributed by atoms with Gasteiger partial charge < -0.3 is 10.1 Å². The number of carbonyl (C=O) groups excluding carboxylic acids is 2. The van der Waals surface area contributed by atoms with Crippen molar-refractivity contribution in [3.8, 4) is 0 Å². The van der Waals surface area contributed by atoms with E-state index in [1.165, 1.54) is 7.11 Å². The van der Waals surface area contributed by atoms with Crippen LogP contribution in [0.1, 0.15) is 23.2 Å². The van der Waals surface area contributed by atoms with Crippen LogP contribution in [-0.4, -0.2) is 35.4 Å². The molecule has 1 rings (SSSR count). The zero-order chi connectivity index (χ0) is 15.1. The summed E-state index contributed by atoms with van der Waals surface area (Å²) in [6, 6.07) is 1.05. The second kappa shape index (κ2) is 7.39. The lowest BCUT2D eigenvalue weighted by molar-refractivity contribution is -0.385. The van der Waals surface area contributed by atoms with Crippen LogP contribution in [0.3, 0.4) is 0 Å². The Hall–Kier alpha value is -2.22. The predicted molar refractivity (Wildman–Crippen MR) is 69.5 cm³/mol. The third-order valence-electron chi connectivity index (χ3n) is 2.35. The fourth-order valence-corrected chi connectivity index (χ4v) is 1.52. The fraction of sp³-hybridized carbons (Fsp3) is 0.364. The standard InChI is InChI=1S/C11H12ClN3O5/c1-20-9(16)3-2-4-13-11(17)8-5-7(15(18)19)6-14-10(8)12/h5-6H,2-4H2,1H3,(H,13,17). The van der Waals surface area contributed by atoms with E-state index in [9.17, 15) is 19.7 Å². The minimum Gasteiger partial charge on any atom is -0.469 e. The van der Waals surface area contributed by atoms with Crippen molar-refractivity contribution in [1.82, 2.24) is 10.3 Å². The first-order valence-electron chi connectivity index (χ1n) is 5.60. The van der Waals surface area contributed by atoms with Gasteiger partial charge in [-0.15, -0.1) is 0 Å². The summed E-state index contributed by atoms with van der Waals surface area (Å²) in [4.78, 5) is 36.1. The minimum atomic E-state index is -0.669. The highest BCUT2D eigenvalue weighted by Gasteiger charge is 2.16. The van der Waals surface area contributed by atoms with Crippen molar-refractivity contribution in [1.29, 1.82) is 0 Å². The summed E-state index contributed by atoms with van der Waals surface area (Å²) in [7, 11) is 1.27. The molecule has 0 aliphatic carbocycles. The van der Waals surface area contributed by atoms with Gasteiger partial charge in [0, 0.05) is 19.0 Å². The second-order valence-corrected chi connectivity index (χ2v) is 4.08. The molecule has 1 N–H and O–H groups in total. The molecule has 1 aromatic heterocycles. The van der Waals surface area contributed by atoms with Gasteiger partial charge in [-0.1, -0.05) is 11.6 Å². The number of nitrogens with one attached hydrogen (secondary N) is 1.